The lowest BCUT2D eigenvalue weighted by molar-refractivity contribution is 0.571. The molecule has 0 aromatic rings. The summed E-state index contributed by atoms with van der Waals surface area (Å²) in [7, 11) is -2.91. The summed E-state index contributed by atoms with van der Waals surface area (Å²) in [6, 6.07) is 0. The van der Waals surface area contributed by atoms with Gasteiger partial charge in [0.2, 0.25) is 0 Å². The van der Waals surface area contributed by atoms with Gasteiger partial charge in [0.1, 0.15) is 0 Å². The fraction of sp³-hybridized carbons (Fsp3) is 0.333. The van der Waals surface area contributed by atoms with Crippen LogP contribution in [0.4, 0.5) is 0 Å². The highest BCUT2D eigenvalue weighted by atomic mass is 31.2. The summed E-state index contributed by atoms with van der Waals surface area (Å²) >= 11 is 0. The van der Waals surface area contributed by atoms with Gasteiger partial charge >= 0.3 is 0 Å². The first-order chi connectivity index (χ1) is 4.12. The molecule has 48 valence electrons. The van der Waals surface area contributed by atoms with Gasteiger partial charge in [-0.15, -0.1) is 0 Å². The standard InChI is InChI=1S/C3H5N4OP/c1-9(8,6-2-4)7-3-5/h1H3,(H2,6,7,8). The van der Waals surface area contributed by atoms with E-state index in [-0.39, 0.29) is 0 Å². The van der Waals surface area contributed by atoms with Gasteiger partial charge < -0.3 is 0 Å². The number of hydrogen-bond donors (Lipinski definition) is 2. The second-order valence-electron chi connectivity index (χ2n) is 1.37. The predicted octanol–water partition coefficient (Wildman–Crippen LogP) is -0.0493. The molecule has 0 radical (unpaired) electrons. The molecule has 0 aliphatic heterocycles. The molecule has 0 heterocycles. The Balaban J connectivity index is 3.95. The highest BCUT2D eigenvalue weighted by Gasteiger charge is 2.09. The summed E-state index contributed by atoms with van der Waals surface area (Å²) in [6.07, 6.45) is 2.93. The average molecular weight is 144 g/mol. The largest absolute Gasteiger partial charge is 0.275 e. The van der Waals surface area contributed by atoms with Crippen LogP contribution in [-0.4, -0.2) is 6.66 Å². The topological polar surface area (TPSA) is 88.7 Å². The van der Waals surface area contributed by atoms with Gasteiger partial charge in [0.15, 0.2) is 12.4 Å². The first-order valence-electron chi connectivity index (χ1n) is 2.02. The third-order valence-electron chi connectivity index (χ3n) is 0.527. The normalized spacial score (nSPS) is 8.78. The van der Waals surface area contributed by atoms with E-state index in [2.05, 4.69) is 0 Å². The molecule has 0 saturated carbocycles. The van der Waals surface area contributed by atoms with Crippen LogP contribution in [0.1, 0.15) is 0 Å². The van der Waals surface area contributed by atoms with Crippen molar-refractivity contribution in [3.8, 4) is 12.4 Å². The van der Waals surface area contributed by atoms with Crippen LogP contribution in [0.2, 0.25) is 0 Å². The Labute approximate surface area is 52.8 Å². The van der Waals surface area contributed by atoms with E-state index >= 15 is 0 Å². The van der Waals surface area contributed by atoms with Crippen molar-refractivity contribution >= 4 is 7.44 Å². The highest BCUT2D eigenvalue weighted by Crippen LogP contribution is 2.27. The summed E-state index contributed by atoms with van der Waals surface area (Å²) < 4.78 is 10.7. The molecule has 0 amide bonds. The number of nitriles is 2. The quantitative estimate of drug-likeness (QED) is 0.322. The van der Waals surface area contributed by atoms with Gasteiger partial charge in [0.25, 0.3) is 7.44 Å². The van der Waals surface area contributed by atoms with Gasteiger partial charge in [-0.25, -0.2) is 0 Å². The molecule has 0 aliphatic carbocycles. The molecular formula is C3H5N4OP. The zero-order valence-corrected chi connectivity index (χ0v) is 5.64. The van der Waals surface area contributed by atoms with E-state index in [9.17, 15) is 4.57 Å². The van der Waals surface area contributed by atoms with Gasteiger partial charge in [-0.05, 0) is 0 Å². The van der Waals surface area contributed by atoms with Crippen LogP contribution in [0.3, 0.4) is 0 Å². The van der Waals surface area contributed by atoms with Crippen molar-refractivity contribution < 1.29 is 4.57 Å². The van der Waals surface area contributed by atoms with Gasteiger partial charge in [0, 0.05) is 6.66 Å². The van der Waals surface area contributed by atoms with Crippen LogP contribution in [0.15, 0.2) is 0 Å². The Morgan fingerprint density at radius 2 is 1.67 bits per heavy atom. The first kappa shape index (κ1) is 7.81. The molecule has 0 aromatic heterocycles. The van der Waals surface area contributed by atoms with Crippen molar-refractivity contribution in [2.24, 2.45) is 0 Å². The minimum absolute atomic E-state index is 1.25. The molecule has 2 N–H and O–H groups in total. The maximum absolute atomic E-state index is 10.7. The summed E-state index contributed by atoms with van der Waals surface area (Å²) in [5.74, 6) is 0. The third kappa shape index (κ3) is 3.40. The lowest BCUT2D eigenvalue weighted by Gasteiger charge is -2.04. The van der Waals surface area contributed by atoms with Crippen molar-refractivity contribution in [3.05, 3.63) is 0 Å². The molecule has 0 spiro atoms. The second kappa shape index (κ2) is 2.96. The molecule has 0 aromatic carbocycles. The van der Waals surface area contributed by atoms with Crippen LogP contribution < -0.4 is 10.2 Å². The van der Waals surface area contributed by atoms with E-state index in [1.54, 1.807) is 0 Å². The SMILES string of the molecule is CP(=O)(NC#N)NC#N. The fourth-order valence-corrected chi connectivity index (χ4v) is 0.656. The first-order valence-corrected chi connectivity index (χ1v) is 4.18. The molecule has 0 rings (SSSR count). The van der Waals surface area contributed by atoms with Crippen LogP contribution in [0, 0.1) is 22.9 Å². The molecule has 0 aliphatic rings. The highest BCUT2D eigenvalue weighted by molar-refractivity contribution is 7.59. The van der Waals surface area contributed by atoms with Gasteiger partial charge in [0.05, 0.1) is 0 Å². The van der Waals surface area contributed by atoms with Crippen molar-refractivity contribution in [2.75, 3.05) is 6.66 Å². The minimum Gasteiger partial charge on any atom is -0.275 e. The average Bonchev–Trinajstić information content (AvgIpc) is 1.64. The molecule has 0 atom stereocenters. The Kier molecular flexibility index (Phi) is 2.57. The van der Waals surface area contributed by atoms with Gasteiger partial charge in [-0.3, -0.25) is 14.7 Å². The molecule has 5 nitrogen and oxygen atoms in total. The second-order valence-corrected chi connectivity index (χ2v) is 3.67. The van der Waals surface area contributed by atoms with E-state index in [1.807, 2.05) is 10.2 Å². The Morgan fingerprint density at radius 1 is 1.33 bits per heavy atom. The molecule has 9 heavy (non-hydrogen) atoms. The van der Waals surface area contributed by atoms with Crippen molar-refractivity contribution in [2.45, 2.75) is 0 Å². The fourth-order valence-electron chi connectivity index (χ4n) is 0.219. The molecular weight excluding hydrogens is 139 g/mol. The van der Waals surface area contributed by atoms with Crippen molar-refractivity contribution in [3.63, 3.8) is 0 Å². The monoisotopic (exact) mass is 144 g/mol. The van der Waals surface area contributed by atoms with Crippen LogP contribution in [0.5, 0.6) is 0 Å². The third-order valence-corrected chi connectivity index (χ3v) is 1.58. The predicted molar refractivity (Wildman–Crippen MR) is 31.0 cm³/mol. The summed E-state index contributed by atoms with van der Waals surface area (Å²) in [5, 5.41) is 19.8. The van der Waals surface area contributed by atoms with Crippen molar-refractivity contribution in [1.29, 1.82) is 10.5 Å². The lowest BCUT2D eigenvalue weighted by Crippen LogP contribution is -2.12. The van der Waals surface area contributed by atoms with E-state index in [4.69, 9.17) is 10.5 Å². The zero-order chi connectivity index (χ0) is 7.33. The van der Waals surface area contributed by atoms with E-state index in [0.717, 1.165) is 0 Å². The number of rotatable bonds is 2. The summed E-state index contributed by atoms with van der Waals surface area (Å²) in [5.41, 5.74) is 0. The van der Waals surface area contributed by atoms with Crippen LogP contribution >= 0.6 is 7.44 Å². The van der Waals surface area contributed by atoms with Crippen LogP contribution in [0.25, 0.3) is 0 Å². The molecule has 0 bridgehead atoms. The van der Waals surface area contributed by atoms with E-state index in [0.29, 0.717) is 0 Å². The smallest absolute Gasteiger partial charge is 0.271 e. The molecule has 0 saturated heterocycles. The Morgan fingerprint density at radius 3 is 1.89 bits per heavy atom. The number of nitrogens with one attached hydrogen (secondary N) is 2. The molecule has 0 fully saturated rings. The van der Waals surface area contributed by atoms with E-state index in [1.165, 1.54) is 19.1 Å². The Bertz CT molecular complexity index is 191. The van der Waals surface area contributed by atoms with Crippen LogP contribution in [-0.2, 0) is 4.57 Å². The summed E-state index contributed by atoms with van der Waals surface area (Å²) in [4.78, 5) is 0. The lowest BCUT2D eigenvalue weighted by atomic mass is 11.5. The van der Waals surface area contributed by atoms with Gasteiger partial charge in [-0.2, -0.15) is 10.5 Å². The maximum atomic E-state index is 10.7. The summed E-state index contributed by atoms with van der Waals surface area (Å²) in [6.45, 7) is 1.25. The molecule has 6 heteroatoms. The number of hydrogen-bond acceptors (Lipinski definition) is 3. The van der Waals surface area contributed by atoms with Crippen molar-refractivity contribution in [1.82, 2.24) is 10.2 Å². The Hall–Kier alpha value is -1.19. The van der Waals surface area contributed by atoms with E-state index < -0.39 is 7.44 Å². The number of nitrogens with zero attached hydrogens (tertiary/aromatic N) is 2. The van der Waals surface area contributed by atoms with Gasteiger partial charge in [-0.1, -0.05) is 0 Å². The maximum Gasteiger partial charge on any atom is 0.271 e. The zero-order valence-electron chi connectivity index (χ0n) is 4.75. The molecule has 0 unspecified atom stereocenters. The minimum atomic E-state index is -2.91.